The normalized spacial score (nSPS) is 11.6. The van der Waals surface area contributed by atoms with E-state index in [4.69, 9.17) is 0 Å². The number of hydrogen-bond acceptors (Lipinski definition) is 1. The molecule has 1 N–H and O–H groups in total. The molecule has 0 aliphatic heterocycles. The maximum Gasteiger partial charge on any atom is 0.390 e. The molecule has 4 heteroatoms. The Balaban J connectivity index is 3.06. The fourth-order valence-electron chi connectivity index (χ4n) is 0.727. The first kappa shape index (κ1) is 11.5. The van der Waals surface area contributed by atoms with Gasteiger partial charge in [0, 0.05) is 6.54 Å². The zero-order valence-electron chi connectivity index (χ0n) is 6.95. The Labute approximate surface area is 70.7 Å². The van der Waals surface area contributed by atoms with Crippen LogP contribution in [0.1, 0.15) is 19.3 Å². The molecule has 0 saturated heterocycles. The molecule has 0 aromatic carbocycles. The number of halogens is 3. The number of allylic oxidation sites excluding steroid dienone is 1. The molecule has 72 valence electrons. The van der Waals surface area contributed by atoms with Crippen LogP contribution in [0.3, 0.4) is 0 Å². The predicted molar refractivity (Wildman–Crippen MR) is 43.0 cm³/mol. The summed E-state index contributed by atoms with van der Waals surface area (Å²) in [4.78, 5) is 0. The number of nitrogens with one attached hydrogen (secondary N) is 1. The third-order valence-corrected chi connectivity index (χ3v) is 1.35. The lowest BCUT2D eigenvalue weighted by molar-refractivity contribution is -0.133. The topological polar surface area (TPSA) is 12.0 Å². The highest BCUT2D eigenvalue weighted by atomic mass is 19.4. The first-order chi connectivity index (χ1) is 5.56. The van der Waals surface area contributed by atoms with Gasteiger partial charge in [0.1, 0.15) is 0 Å². The van der Waals surface area contributed by atoms with Crippen molar-refractivity contribution in [2.75, 3.05) is 13.1 Å². The third-order valence-electron chi connectivity index (χ3n) is 1.35. The third kappa shape index (κ3) is 9.49. The van der Waals surface area contributed by atoms with Crippen LogP contribution in [0.15, 0.2) is 12.7 Å². The van der Waals surface area contributed by atoms with Crippen LogP contribution in [0.25, 0.3) is 0 Å². The molecule has 0 bridgehead atoms. The van der Waals surface area contributed by atoms with Crippen LogP contribution in [-0.2, 0) is 0 Å². The molecule has 0 radical (unpaired) electrons. The lowest BCUT2D eigenvalue weighted by Crippen LogP contribution is -2.22. The summed E-state index contributed by atoms with van der Waals surface area (Å²) in [5.41, 5.74) is 0. The summed E-state index contributed by atoms with van der Waals surface area (Å²) < 4.78 is 34.7. The van der Waals surface area contributed by atoms with E-state index in [2.05, 4.69) is 11.9 Å². The summed E-state index contributed by atoms with van der Waals surface area (Å²) in [5, 5.41) is 2.71. The standard InChI is InChI=1S/C8H14F3N/c1-2-3-4-6-12-7-5-8(9,10)11/h2,12H,1,3-7H2. The first-order valence-electron chi connectivity index (χ1n) is 3.94. The summed E-state index contributed by atoms with van der Waals surface area (Å²) >= 11 is 0. The van der Waals surface area contributed by atoms with Crippen LogP contribution in [0.2, 0.25) is 0 Å². The van der Waals surface area contributed by atoms with Gasteiger partial charge < -0.3 is 5.32 Å². The van der Waals surface area contributed by atoms with E-state index in [0.29, 0.717) is 6.54 Å². The van der Waals surface area contributed by atoms with Crippen molar-refractivity contribution >= 4 is 0 Å². The lowest BCUT2D eigenvalue weighted by atomic mass is 10.3. The lowest BCUT2D eigenvalue weighted by Gasteiger charge is -2.06. The number of alkyl halides is 3. The van der Waals surface area contributed by atoms with Gasteiger partial charge in [0.05, 0.1) is 6.42 Å². The fraction of sp³-hybridized carbons (Fsp3) is 0.750. The van der Waals surface area contributed by atoms with Crippen LogP contribution in [0, 0.1) is 0 Å². The highest BCUT2D eigenvalue weighted by Crippen LogP contribution is 2.17. The van der Waals surface area contributed by atoms with Crippen LogP contribution in [0.4, 0.5) is 13.2 Å². The maximum atomic E-state index is 11.6. The van der Waals surface area contributed by atoms with E-state index >= 15 is 0 Å². The minimum absolute atomic E-state index is 0.0145. The molecule has 0 aliphatic rings. The summed E-state index contributed by atoms with van der Waals surface area (Å²) in [6.07, 6.45) is -1.33. The Bertz CT molecular complexity index is 120. The highest BCUT2D eigenvalue weighted by Gasteiger charge is 2.25. The van der Waals surface area contributed by atoms with Crippen molar-refractivity contribution in [1.29, 1.82) is 0 Å². The molecule has 0 heterocycles. The largest absolute Gasteiger partial charge is 0.390 e. The van der Waals surface area contributed by atoms with Gasteiger partial charge in [0.15, 0.2) is 0 Å². The Hall–Kier alpha value is -0.510. The van der Waals surface area contributed by atoms with Gasteiger partial charge in [0.25, 0.3) is 0 Å². The quantitative estimate of drug-likeness (QED) is 0.490. The molecule has 12 heavy (non-hydrogen) atoms. The Morgan fingerprint density at radius 1 is 1.25 bits per heavy atom. The molecule has 0 aromatic rings. The zero-order chi connectivity index (χ0) is 9.45. The smallest absolute Gasteiger partial charge is 0.316 e. The molecule has 0 amide bonds. The molecule has 0 rings (SSSR count). The molecule has 0 aromatic heterocycles. The van der Waals surface area contributed by atoms with E-state index in [-0.39, 0.29) is 6.54 Å². The van der Waals surface area contributed by atoms with E-state index in [9.17, 15) is 13.2 Å². The molecule has 1 nitrogen and oxygen atoms in total. The second-order valence-corrected chi connectivity index (χ2v) is 2.55. The summed E-state index contributed by atoms with van der Waals surface area (Å²) in [6.45, 7) is 4.15. The number of rotatable bonds is 6. The molecule has 0 atom stereocenters. The maximum absolute atomic E-state index is 11.6. The molecule has 0 unspecified atom stereocenters. The molecule has 0 fully saturated rings. The van der Waals surface area contributed by atoms with Crippen molar-refractivity contribution in [3.05, 3.63) is 12.7 Å². The second-order valence-electron chi connectivity index (χ2n) is 2.55. The van der Waals surface area contributed by atoms with Crippen LogP contribution >= 0.6 is 0 Å². The van der Waals surface area contributed by atoms with Crippen LogP contribution in [-0.4, -0.2) is 19.3 Å². The average Bonchev–Trinajstić information content (AvgIpc) is 1.94. The van der Waals surface area contributed by atoms with Gasteiger partial charge in [-0.05, 0) is 19.4 Å². The summed E-state index contributed by atoms with van der Waals surface area (Å²) in [7, 11) is 0. The van der Waals surface area contributed by atoms with Crippen LogP contribution < -0.4 is 5.32 Å². The van der Waals surface area contributed by atoms with Gasteiger partial charge in [-0.1, -0.05) is 6.08 Å². The van der Waals surface area contributed by atoms with Gasteiger partial charge in [-0.2, -0.15) is 13.2 Å². The van der Waals surface area contributed by atoms with E-state index in [0.717, 1.165) is 12.8 Å². The minimum atomic E-state index is -4.04. The Morgan fingerprint density at radius 3 is 2.42 bits per heavy atom. The van der Waals surface area contributed by atoms with E-state index in [1.165, 1.54) is 0 Å². The monoisotopic (exact) mass is 181 g/mol. The Kier molecular flexibility index (Phi) is 5.80. The van der Waals surface area contributed by atoms with E-state index in [1.807, 2.05) is 0 Å². The molecule has 0 aliphatic carbocycles. The number of hydrogen-bond donors (Lipinski definition) is 1. The fourth-order valence-corrected chi connectivity index (χ4v) is 0.727. The van der Waals surface area contributed by atoms with E-state index < -0.39 is 12.6 Å². The van der Waals surface area contributed by atoms with Gasteiger partial charge in [-0.25, -0.2) is 0 Å². The molecule has 0 saturated carbocycles. The van der Waals surface area contributed by atoms with Gasteiger partial charge in [0.2, 0.25) is 0 Å². The molecule has 0 spiro atoms. The van der Waals surface area contributed by atoms with Crippen molar-refractivity contribution in [2.24, 2.45) is 0 Å². The van der Waals surface area contributed by atoms with E-state index in [1.54, 1.807) is 6.08 Å². The first-order valence-corrected chi connectivity index (χ1v) is 3.94. The van der Waals surface area contributed by atoms with Crippen molar-refractivity contribution in [2.45, 2.75) is 25.4 Å². The Morgan fingerprint density at radius 2 is 1.92 bits per heavy atom. The number of unbranched alkanes of at least 4 members (excludes halogenated alkanes) is 1. The highest BCUT2D eigenvalue weighted by molar-refractivity contribution is 4.66. The zero-order valence-corrected chi connectivity index (χ0v) is 6.95. The summed E-state index contributed by atoms with van der Waals surface area (Å²) in [5.74, 6) is 0. The van der Waals surface area contributed by atoms with Crippen LogP contribution in [0.5, 0.6) is 0 Å². The second kappa shape index (κ2) is 6.06. The minimum Gasteiger partial charge on any atom is -0.316 e. The van der Waals surface area contributed by atoms with Crippen molar-refractivity contribution in [3.8, 4) is 0 Å². The van der Waals surface area contributed by atoms with Crippen molar-refractivity contribution in [1.82, 2.24) is 5.32 Å². The SMILES string of the molecule is C=CCCCNCCC(F)(F)F. The van der Waals surface area contributed by atoms with Gasteiger partial charge >= 0.3 is 6.18 Å². The molecular weight excluding hydrogens is 167 g/mol. The van der Waals surface area contributed by atoms with Crippen molar-refractivity contribution < 1.29 is 13.2 Å². The summed E-state index contributed by atoms with van der Waals surface area (Å²) in [6, 6.07) is 0. The average molecular weight is 181 g/mol. The van der Waals surface area contributed by atoms with Crippen molar-refractivity contribution in [3.63, 3.8) is 0 Å². The predicted octanol–water partition coefficient (Wildman–Crippen LogP) is 2.49. The van der Waals surface area contributed by atoms with Gasteiger partial charge in [-0.3, -0.25) is 0 Å². The van der Waals surface area contributed by atoms with Gasteiger partial charge in [-0.15, -0.1) is 6.58 Å². The molecular formula is C8H14F3N.